The third-order valence-corrected chi connectivity index (χ3v) is 4.86. The Hall–Kier alpha value is -0.520. The highest BCUT2D eigenvalue weighted by molar-refractivity contribution is 9.11. The van der Waals surface area contributed by atoms with Crippen LogP contribution in [0.25, 0.3) is 10.9 Å². The van der Waals surface area contributed by atoms with Crippen molar-refractivity contribution in [2.24, 2.45) is 0 Å². The molecular formula is C13H14Br2N2O. The SMILES string of the molecule is CN(C)C1COc2ccc(Br)c3[nH]c(Br)c(c23)C1. The van der Waals surface area contributed by atoms with Crippen molar-refractivity contribution in [1.82, 2.24) is 9.88 Å². The van der Waals surface area contributed by atoms with E-state index in [1.165, 1.54) is 10.9 Å². The predicted molar refractivity (Wildman–Crippen MR) is 80.4 cm³/mol. The summed E-state index contributed by atoms with van der Waals surface area (Å²) >= 11 is 7.22. The van der Waals surface area contributed by atoms with Gasteiger partial charge in [0.25, 0.3) is 0 Å². The first-order valence-corrected chi connectivity index (χ1v) is 7.44. The molecule has 2 aromatic rings. The van der Waals surface area contributed by atoms with Gasteiger partial charge in [0.2, 0.25) is 0 Å². The predicted octanol–water partition coefficient (Wildman–Crippen LogP) is 3.56. The Bertz CT molecular complexity index is 607. The van der Waals surface area contributed by atoms with E-state index in [1.54, 1.807) is 0 Å². The van der Waals surface area contributed by atoms with Gasteiger partial charge in [-0.05, 0) is 70.1 Å². The summed E-state index contributed by atoms with van der Waals surface area (Å²) < 4.78 is 8.09. The number of nitrogens with one attached hydrogen (secondary N) is 1. The molecule has 0 radical (unpaired) electrons. The number of aromatic amines is 1. The second kappa shape index (κ2) is 4.54. The van der Waals surface area contributed by atoms with Gasteiger partial charge >= 0.3 is 0 Å². The van der Waals surface area contributed by atoms with E-state index in [0.717, 1.165) is 33.4 Å². The Labute approximate surface area is 123 Å². The summed E-state index contributed by atoms with van der Waals surface area (Å²) in [5.74, 6) is 0.967. The highest BCUT2D eigenvalue weighted by atomic mass is 79.9. The maximum atomic E-state index is 5.96. The van der Waals surface area contributed by atoms with Gasteiger partial charge in [-0.3, -0.25) is 0 Å². The molecule has 2 heterocycles. The molecule has 0 spiro atoms. The number of H-pyrrole nitrogens is 1. The van der Waals surface area contributed by atoms with Crippen molar-refractivity contribution in [2.75, 3.05) is 20.7 Å². The molecule has 1 aliphatic rings. The van der Waals surface area contributed by atoms with E-state index in [9.17, 15) is 0 Å². The monoisotopic (exact) mass is 372 g/mol. The van der Waals surface area contributed by atoms with Crippen LogP contribution < -0.4 is 4.74 Å². The Kier molecular flexibility index (Phi) is 3.16. The summed E-state index contributed by atoms with van der Waals surface area (Å²) in [5, 5.41) is 1.20. The number of halogens is 2. The normalized spacial score (nSPS) is 19.1. The number of rotatable bonds is 1. The summed E-state index contributed by atoms with van der Waals surface area (Å²) in [6.07, 6.45) is 0.983. The fourth-order valence-corrected chi connectivity index (χ4v) is 3.39. The van der Waals surface area contributed by atoms with Crippen LogP contribution >= 0.6 is 31.9 Å². The van der Waals surface area contributed by atoms with Gasteiger partial charge in [-0.15, -0.1) is 0 Å². The molecule has 0 amide bonds. The number of nitrogens with zero attached hydrogens (tertiary/aromatic N) is 1. The van der Waals surface area contributed by atoms with E-state index in [4.69, 9.17) is 4.74 Å². The first-order chi connectivity index (χ1) is 8.58. The fourth-order valence-electron chi connectivity index (χ4n) is 2.40. The molecule has 0 aliphatic carbocycles. The zero-order valence-electron chi connectivity index (χ0n) is 10.3. The van der Waals surface area contributed by atoms with Crippen LogP contribution in [0.15, 0.2) is 21.2 Å². The molecule has 0 fully saturated rings. The van der Waals surface area contributed by atoms with Gasteiger partial charge < -0.3 is 14.6 Å². The van der Waals surface area contributed by atoms with Crippen molar-refractivity contribution < 1.29 is 4.74 Å². The summed E-state index contributed by atoms with van der Waals surface area (Å²) in [6, 6.07) is 4.46. The molecule has 0 saturated carbocycles. The molecule has 1 aliphatic heterocycles. The van der Waals surface area contributed by atoms with Gasteiger partial charge in [-0.2, -0.15) is 0 Å². The van der Waals surface area contributed by atoms with Crippen molar-refractivity contribution in [1.29, 1.82) is 0 Å². The highest BCUT2D eigenvalue weighted by Crippen LogP contribution is 2.40. The summed E-state index contributed by atoms with van der Waals surface area (Å²) in [4.78, 5) is 5.60. The molecule has 0 saturated heterocycles. The van der Waals surface area contributed by atoms with Gasteiger partial charge in [-0.1, -0.05) is 0 Å². The Morgan fingerprint density at radius 3 is 2.83 bits per heavy atom. The number of hydrogen-bond acceptors (Lipinski definition) is 2. The smallest absolute Gasteiger partial charge is 0.129 e. The van der Waals surface area contributed by atoms with Crippen molar-refractivity contribution in [3.05, 3.63) is 26.8 Å². The lowest BCUT2D eigenvalue weighted by molar-refractivity contribution is 0.190. The van der Waals surface area contributed by atoms with Gasteiger partial charge in [0.05, 0.1) is 10.1 Å². The average Bonchev–Trinajstić information content (AvgIpc) is 2.55. The number of aromatic nitrogens is 1. The molecule has 1 aromatic carbocycles. The number of ether oxygens (including phenoxy) is 1. The molecule has 5 heteroatoms. The van der Waals surface area contributed by atoms with E-state index < -0.39 is 0 Å². The van der Waals surface area contributed by atoms with Crippen LogP contribution in [0.2, 0.25) is 0 Å². The highest BCUT2D eigenvalue weighted by Gasteiger charge is 2.25. The topological polar surface area (TPSA) is 28.3 Å². The lowest BCUT2D eigenvalue weighted by Crippen LogP contribution is -2.34. The van der Waals surface area contributed by atoms with Crippen LogP contribution in [0.3, 0.4) is 0 Å². The lowest BCUT2D eigenvalue weighted by Gasteiger charge is -2.22. The fraction of sp³-hybridized carbons (Fsp3) is 0.385. The third-order valence-electron chi connectivity index (χ3n) is 3.52. The third kappa shape index (κ3) is 1.89. The largest absolute Gasteiger partial charge is 0.491 e. The first-order valence-electron chi connectivity index (χ1n) is 5.85. The van der Waals surface area contributed by atoms with Crippen molar-refractivity contribution in [2.45, 2.75) is 12.5 Å². The van der Waals surface area contributed by atoms with Crippen molar-refractivity contribution in [3.8, 4) is 5.75 Å². The Morgan fingerprint density at radius 2 is 2.11 bits per heavy atom. The average molecular weight is 374 g/mol. The minimum absolute atomic E-state index is 0.395. The molecule has 1 N–H and O–H groups in total. The van der Waals surface area contributed by atoms with Gasteiger partial charge in [0, 0.05) is 15.9 Å². The zero-order valence-corrected chi connectivity index (χ0v) is 13.4. The molecule has 1 atom stereocenters. The summed E-state index contributed by atoms with van der Waals surface area (Å²) in [5.41, 5.74) is 2.41. The molecule has 96 valence electrons. The molecule has 18 heavy (non-hydrogen) atoms. The molecule has 3 rings (SSSR count). The van der Waals surface area contributed by atoms with Crippen molar-refractivity contribution in [3.63, 3.8) is 0 Å². The number of benzene rings is 1. The second-order valence-electron chi connectivity index (χ2n) is 4.85. The maximum absolute atomic E-state index is 5.96. The first kappa shape index (κ1) is 12.5. The maximum Gasteiger partial charge on any atom is 0.129 e. The van der Waals surface area contributed by atoms with E-state index in [-0.39, 0.29) is 0 Å². The second-order valence-corrected chi connectivity index (χ2v) is 6.49. The van der Waals surface area contributed by atoms with Crippen LogP contribution in [0.5, 0.6) is 5.75 Å². The minimum atomic E-state index is 0.395. The zero-order chi connectivity index (χ0) is 12.9. The molecular weight excluding hydrogens is 360 g/mol. The van der Waals surface area contributed by atoms with Gasteiger partial charge in [-0.25, -0.2) is 0 Å². The molecule has 3 nitrogen and oxygen atoms in total. The molecule has 0 bridgehead atoms. The summed E-state index contributed by atoms with van der Waals surface area (Å²) in [7, 11) is 4.19. The molecule has 1 aromatic heterocycles. The number of likely N-dealkylation sites (N-methyl/N-ethyl adjacent to an activating group) is 1. The van der Waals surface area contributed by atoms with Crippen LogP contribution in [0.4, 0.5) is 0 Å². The lowest BCUT2D eigenvalue weighted by atomic mass is 10.1. The summed E-state index contributed by atoms with van der Waals surface area (Å²) in [6.45, 7) is 0.727. The van der Waals surface area contributed by atoms with E-state index in [1.807, 2.05) is 12.1 Å². The van der Waals surface area contributed by atoms with Crippen LogP contribution in [-0.4, -0.2) is 36.6 Å². The molecule has 1 unspecified atom stereocenters. The van der Waals surface area contributed by atoms with Crippen LogP contribution in [0.1, 0.15) is 5.56 Å². The van der Waals surface area contributed by atoms with Crippen molar-refractivity contribution >= 4 is 42.8 Å². The van der Waals surface area contributed by atoms with Gasteiger partial charge in [0.15, 0.2) is 0 Å². The minimum Gasteiger partial charge on any atom is -0.491 e. The Morgan fingerprint density at radius 1 is 1.33 bits per heavy atom. The quantitative estimate of drug-likeness (QED) is 0.827. The standard InChI is InChI=1S/C13H14Br2N2O/c1-17(2)7-5-8-11-10(18-6-7)4-3-9(14)12(11)16-13(8)15/h3-4,7,16H,5-6H2,1-2H3. The van der Waals surface area contributed by atoms with Crippen LogP contribution in [0, 0.1) is 0 Å². The van der Waals surface area contributed by atoms with E-state index in [2.05, 4.69) is 55.8 Å². The number of hydrogen-bond donors (Lipinski definition) is 1. The Balaban J connectivity index is 2.22. The van der Waals surface area contributed by atoms with Gasteiger partial charge in [0.1, 0.15) is 12.4 Å². The van der Waals surface area contributed by atoms with E-state index >= 15 is 0 Å². The van der Waals surface area contributed by atoms with Crippen LogP contribution in [-0.2, 0) is 6.42 Å². The van der Waals surface area contributed by atoms with E-state index in [0.29, 0.717) is 6.04 Å².